The summed E-state index contributed by atoms with van der Waals surface area (Å²) < 4.78 is 0. The van der Waals surface area contributed by atoms with E-state index in [9.17, 15) is 4.79 Å². The molecule has 0 atom stereocenters. The first-order valence-corrected chi connectivity index (χ1v) is 8.97. The van der Waals surface area contributed by atoms with Crippen LogP contribution in [0.25, 0.3) is 0 Å². The molecule has 24 heavy (non-hydrogen) atoms. The molecular formula is C19H30N4O. The molecule has 1 aliphatic heterocycles. The Hall–Kier alpha value is -2.04. The van der Waals surface area contributed by atoms with E-state index in [0.717, 1.165) is 32.0 Å². The molecule has 5 nitrogen and oxygen atoms in total. The molecule has 1 aliphatic rings. The second-order valence-electron chi connectivity index (χ2n) is 6.66. The largest absolute Gasteiger partial charge is 0.357 e. The molecule has 0 aliphatic carbocycles. The first kappa shape index (κ1) is 18.3. The first-order valence-electron chi connectivity index (χ1n) is 8.97. The normalized spacial score (nSPS) is 15.2. The Morgan fingerprint density at radius 3 is 2.62 bits per heavy atom. The molecule has 0 unspecified atom stereocenters. The average molecular weight is 330 g/mol. The summed E-state index contributed by atoms with van der Waals surface area (Å²) in [5.41, 5.74) is 2.37. The van der Waals surface area contributed by atoms with Crippen LogP contribution in [0.3, 0.4) is 0 Å². The van der Waals surface area contributed by atoms with Gasteiger partial charge in [0.2, 0.25) is 5.91 Å². The molecule has 1 amide bonds. The predicted molar refractivity (Wildman–Crippen MR) is 98.7 cm³/mol. The van der Waals surface area contributed by atoms with Gasteiger partial charge in [0.05, 0.1) is 6.54 Å². The number of nitrogens with one attached hydrogen (secondary N) is 2. The molecule has 0 bridgehead atoms. The van der Waals surface area contributed by atoms with Crippen molar-refractivity contribution in [2.24, 2.45) is 10.9 Å². The summed E-state index contributed by atoms with van der Waals surface area (Å²) in [6.07, 6.45) is 1.66. The van der Waals surface area contributed by atoms with Gasteiger partial charge in [0.1, 0.15) is 0 Å². The molecule has 1 saturated heterocycles. The third-order valence-corrected chi connectivity index (χ3v) is 4.08. The van der Waals surface area contributed by atoms with Gasteiger partial charge < -0.3 is 15.5 Å². The zero-order valence-electron chi connectivity index (χ0n) is 15.1. The molecule has 0 radical (unpaired) electrons. The smallest absolute Gasteiger partial charge is 0.222 e. The standard InChI is InChI=1S/C19H30N4O/c1-4-20-19(21-12-15(2)3)22-13-16-8-5-6-9-17(16)14-23-11-7-10-18(23)24/h5-6,8-9,15H,4,7,10-14H2,1-3H3,(H2,20,21,22). The topological polar surface area (TPSA) is 56.7 Å². The fourth-order valence-corrected chi connectivity index (χ4v) is 2.75. The van der Waals surface area contributed by atoms with E-state index < -0.39 is 0 Å². The molecular weight excluding hydrogens is 300 g/mol. The van der Waals surface area contributed by atoms with Gasteiger partial charge in [0, 0.05) is 32.6 Å². The number of hydrogen-bond acceptors (Lipinski definition) is 2. The van der Waals surface area contributed by atoms with E-state index in [2.05, 4.69) is 43.5 Å². The third kappa shape index (κ3) is 5.55. The summed E-state index contributed by atoms with van der Waals surface area (Å²) in [4.78, 5) is 18.5. The molecule has 1 heterocycles. The number of aliphatic imine (C=N–C) groups is 1. The third-order valence-electron chi connectivity index (χ3n) is 4.08. The second-order valence-corrected chi connectivity index (χ2v) is 6.66. The summed E-state index contributed by atoms with van der Waals surface area (Å²) in [5, 5.41) is 6.65. The number of rotatable bonds is 7. The van der Waals surface area contributed by atoms with Gasteiger partial charge in [-0.3, -0.25) is 4.79 Å². The fraction of sp³-hybridized carbons (Fsp3) is 0.579. The maximum Gasteiger partial charge on any atom is 0.222 e. The van der Waals surface area contributed by atoms with Crippen LogP contribution in [0.4, 0.5) is 0 Å². The molecule has 1 aromatic rings. The van der Waals surface area contributed by atoms with Crippen molar-refractivity contribution in [1.82, 2.24) is 15.5 Å². The van der Waals surface area contributed by atoms with Gasteiger partial charge in [-0.2, -0.15) is 0 Å². The number of carbonyl (C=O) groups is 1. The summed E-state index contributed by atoms with van der Waals surface area (Å²) >= 11 is 0. The molecule has 1 fully saturated rings. The van der Waals surface area contributed by atoms with Crippen molar-refractivity contribution in [2.75, 3.05) is 19.6 Å². The number of hydrogen-bond donors (Lipinski definition) is 2. The van der Waals surface area contributed by atoms with E-state index in [4.69, 9.17) is 4.99 Å². The predicted octanol–water partition coefficient (Wildman–Crippen LogP) is 2.52. The Balaban J connectivity index is 2.04. The molecule has 2 N–H and O–H groups in total. The molecule has 0 spiro atoms. The van der Waals surface area contributed by atoms with Crippen molar-refractivity contribution in [2.45, 2.75) is 46.7 Å². The highest BCUT2D eigenvalue weighted by Crippen LogP contribution is 2.17. The van der Waals surface area contributed by atoms with Gasteiger partial charge in [0.15, 0.2) is 5.96 Å². The SMILES string of the molecule is CCNC(=NCc1ccccc1CN1CCCC1=O)NCC(C)C. The van der Waals surface area contributed by atoms with Crippen molar-refractivity contribution < 1.29 is 4.79 Å². The van der Waals surface area contributed by atoms with E-state index in [1.54, 1.807) is 0 Å². The van der Waals surface area contributed by atoms with Crippen molar-refractivity contribution >= 4 is 11.9 Å². The number of carbonyl (C=O) groups excluding carboxylic acids is 1. The number of likely N-dealkylation sites (tertiary alicyclic amines) is 1. The van der Waals surface area contributed by atoms with Crippen LogP contribution in [-0.2, 0) is 17.9 Å². The lowest BCUT2D eigenvalue weighted by Gasteiger charge is -2.18. The number of benzene rings is 1. The van der Waals surface area contributed by atoms with E-state index >= 15 is 0 Å². The molecule has 0 saturated carbocycles. The number of amides is 1. The zero-order valence-corrected chi connectivity index (χ0v) is 15.1. The Kier molecular flexibility index (Phi) is 7.09. The lowest BCUT2D eigenvalue weighted by Crippen LogP contribution is -2.39. The second kappa shape index (κ2) is 9.30. The van der Waals surface area contributed by atoms with Gasteiger partial charge in [-0.05, 0) is 30.4 Å². The zero-order chi connectivity index (χ0) is 17.4. The van der Waals surface area contributed by atoms with Crippen LogP contribution < -0.4 is 10.6 Å². The fourth-order valence-electron chi connectivity index (χ4n) is 2.75. The van der Waals surface area contributed by atoms with Crippen molar-refractivity contribution in [3.8, 4) is 0 Å². The summed E-state index contributed by atoms with van der Waals surface area (Å²) in [6, 6.07) is 8.27. The minimum Gasteiger partial charge on any atom is -0.357 e. The Bertz CT molecular complexity index is 568. The van der Waals surface area contributed by atoms with Gasteiger partial charge in [-0.25, -0.2) is 4.99 Å². The number of nitrogens with zero attached hydrogens (tertiary/aromatic N) is 2. The molecule has 1 aromatic carbocycles. The lowest BCUT2D eigenvalue weighted by atomic mass is 10.1. The molecule has 132 valence electrons. The van der Waals surface area contributed by atoms with Crippen molar-refractivity contribution in [3.63, 3.8) is 0 Å². The van der Waals surface area contributed by atoms with Crippen molar-refractivity contribution in [1.29, 1.82) is 0 Å². The van der Waals surface area contributed by atoms with E-state index in [0.29, 0.717) is 25.4 Å². The summed E-state index contributed by atoms with van der Waals surface area (Å²) in [6.45, 7) is 10.3. The minimum absolute atomic E-state index is 0.264. The van der Waals surface area contributed by atoms with Crippen LogP contribution in [-0.4, -0.2) is 36.4 Å². The summed E-state index contributed by atoms with van der Waals surface area (Å²) in [7, 11) is 0. The Morgan fingerprint density at radius 1 is 1.25 bits per heavy atom. The Morgan fingerprint density at radius 2 is 2.00 bits per heavy atom. The monoisotopic (exact) mass is 330 g/mol. The van der Waals surface area contributed by atoms with Crippen LogP contribution >= 0.6 is 0 Å². The van der Waals surface area contributed by atoms with Gasteiger partial charge in [-0.15, -0.1) is 0 Å². The maximum absolute atomic E-state index is 11.9. The van der Waals surface area contributed by atoms with E-state index in [1.807, 2.05) is 17.0 Å². The van der Waals surface area contributed by atoms with Crippen LogP contribution in [0.5, 0.6) is 0 Å². The average Bonchev–Trinajstić information content (AvgIpc) is 2.96. The van der Waals surface area contributed by atoms with Crippen LogP contribution in [0.15, 0.2) is 29.3 Å². The van der Waals surface area contributed by atoms with Crippen LogP contribution in [0.2, 0.25) is 0 Å². The molecule has 2 rings (SSSR count). The lowest BCUT2D eigenvalue weighted by molar-refractivity contribution is -0.128. The molecule has 0 aromatic heterocycles. The van der Waals surface area contributed by atoms with Gasteiger partial charge in [-0.1, -0.05) is 38.1 Å². The van der Waals surface area contributed by atoms with Crippen molar-refractivity contribution in [3.05, 3.63) is 35.4 Å². The minimum atomic E-state index is 0.264. The van der Waals surface area contributed by atoms with Gasteiger partial charge >= 0.3 is 0 Å². The maximum atomic E-state index is 11.9. The Labute approximate surface area is 145 Å². The summed E-state index contributed by atoms with van der Waals surface area (Å²) in [5.74, 6) is 1.68. The van der Waals surface area contributed by atoms with E-state index in [-0.39, 0.29) is 5.91 Å². The van der Waals surface area contributed by atoms with Crippen LogP contribution in [0.1, 0.15) is 44.7 Å². The highest BCUT2D eigenvalue weighted by molar-refractivity contribution is 5.79. The van der Waals surface area contributed by atoms with E-state index in [1.165, 1.54) is 11.1 Å². The van der Waals surface area contributed by atoms with Crippen LogP contribution in [0, 0.1) is 5.92 Å². The first-order chi connectivity index (χ1) is 11.6. The highest BCUT2D eigenvalue weighted by Gasteiger charge is 2.20. The molecule has 5 heteroatoms. The van der Waals surface area contributed by atoms with Gasteiger partial charge in [0.25, 0.3) is 0 Å². The number of guanidine groups is 1. The quantitative estimate of drug-likeness (QED) is 0.597. The highest BCUT2D eigenvalue weighted by atomic mass is 16.2.